The number of pyridine rings is 1. The van der Waals surface area contributed by atoms with Crippen LogP contribution in [0, 0.1) is 0 Å². The van der Waals surface area contributed by atoms with E-state index in [0.717, 1.165) is 0 Å². The first-order chi connectivity index (χ1) is 9.68. The van der Waals surface area contributed by atoms with Crippen LogP contribution in [0.1, 0.15) is 20.7 Å². The molecule has 98 valence electrons. The molecule has 0 spiro atoms. The third-order valence-electron chi connectivity index (χ3n) is 2.98. The molecule has 1 N–H and O–H groups in total. The fraction of sp³-hybridized carbons (Fsp3) is 0. The Morgan fingerprint density at radius 1 is 0.900 bits per heavy atom. The average molecular weight is 329 g/mol. The average Bonchev–Trinajstić information content (AvgIpc) is 2.50. The third-order valence-corrected chi connectivity index (χ3v) is 3.74. The van der Waals surface area contributed by atoms with Gasteiger partial charge in [-0.15, -0.1) is 0 Å². The molecule has 1 heterocycles. The van der Waals surface area contributed by atoms with Crippen molar-refractivity contribution in [3.05, 3.63) is 70.0 Å². The van der Waals surface area contributed by atoms with Crippen molar-refractivity contribution < 1.29 is 9.59 Å². The first-order valence-corrected chi connectivity index (χ1v) is 6.74. The number of allylic oxidation sites excluding steroid dienone is 2. The van der Waals surface area contributed by atoms with E-state index in [0.29, 0.717) is 16.9 Å². The second kappa shape index (κ2) is 5.02. The Bertz CT molecular complexity index is 739. The molecule has 4 nitrogen and oxygen atoms in total. The van der Waals surface area contributed by atoms with Crippen molar-refractivity contribution in [3.63, 3.8) is 0 Å². The van der Waals surface area contributed by atoms with Crippen LogP contribution in [0.25, 0.3) is 0 Å². The lowest BCUT2D eigenvalue weighted by Gasteiger charge is -2.18. The Hall–Kier alpha value is -2.27. The lowest BCUT2D eigenvalue weighted by molar-refractivity contribution is 0.0983. The first-order valence-electron chi connectivity index (χ1n) is 5.95. The number of hydrogen-bond donors (Lipinski definition) is 1. The number of anilines is 1. The molecule has 1 aliphatic carbocycles. The maximum Gasteiger partial charge on any atom is 0.211 e. The molecule has 1 aliphatic rings. The largest absolute Gasteiger partial charge is 0.336 e. The molecule has 0 radical (unpaired) electrons. The van der Waals surface area contributed by atoms with Gasteiger partial charge in [0.15, 0.2) is 0 Å². The number of nitrogens with one attached hydrogen (secondary N) is 1. The van der Waals surface area contributed by atoms with Gasteiger partial charge in [-0.1, -0.05) is 30.3 Å². The van der Waals surface area contributed by atoms with Gasteiger partial charge in [0, 0.05) is 17.3 Å². The quantitative estimate of drug-likeness (QED) is 0.919. The van der Waals surface area contributed by atoms with E-state index in [2.05, 4.69) is 26.2 Å². The summed E-state index contributed by atoms with van der Waals surface area (Å²) >= 11 is 3.21. The highest BCUT2D eigenvalue weighted by molar-refractivity contribution is 9.12. The topological polar surface area (TPSA) is 59.1 Å². The minimum atomic E-state index is -0.224. The predicted octanol–water partition coefficient (Wildman–Crippen LogP) is 3.18. The Kier molecular flexibility index (Phi) is 3.20. The molecule has 0 aliphatic heterocycles. The van der Waals surface area contributed by atoms with Crippen LogP contribution >= 0.6 is 15.9 Å². The number of Topliss-reactive ketones (excluding diaryl/α,β-unsaturated/α-hetero) is 2. The number of aromatic nitrogens is 1. The van der Waals surface area contributed by atoms with Gasteiger partial charge in [-0.2, -0.15) is 0 Å². The van der Waals surface area contributed by atoms with Gasteiger partial charge in [0.25, 0.3) is 0 Å². The SMILES string of the molecule is O=C1C(Br)=C(Nc2ccccn2)C(=O)c2ccccc21. The van der Waals surface area contributed by atoms with Crippen LogP contribution in [0.2, 0.25) is 0 Å². The van der Waals surface area contributed by atoms with Crippen molar-refractivity contribution >= 4 is 33.3 Å². The lowest BCUT2D eigenvalue weighted by Crippen LogP contribution is -2.24. The van der Waals surface area contributed by atoms with E-state index in [1.54, 1.807) is 48.7 Å². The highest BCUT2D eigenvalue weighted by Crippen LogP contribution is 2.29. The number of nitrogens with zero attached hydrogens (tertiary/aromatic N) is 1. The summed E-state index contributed by atoms with van der Waals surface area (Å²) in [4.78, 5) is 28.8. The summed E-state index contributed by atoms with van der Waals surface area (Å²) in [5.74, 6) is 0.0799. The molecule has 0 bridgehead atoms. The van der Waals surface area contributed by atoms with E-state index < -0.39 is 0 Å². The summed E-state index contributed by atoms with van der Waals surface area (Å²) in [5.41, 5.74) is 1.03. The molecule has 1 aromatic carbocycles. The highest BCUT2D eigenvalue weighted by atomic mass is 79.9. The maximum absolute atomic E-state index is 12.4. The predicted molar refractivity (Wildman–Crippen MR) is 78.9 cm³/mol. The molecule has 0 atom stereocenters. The number of hydrogen-bond acceptors (Lipinski definition) is 4. The standard InChI is InChI=1S/C15H9BrN2O2/c16-12-13(18-11-7-3-4-8-17-11)15(20)10-6-2-1-5-9(10)14(12)19/h1-8H,(H,17,18). The summed E-state index contributed by atoms with van der Waals surface area (Å²) in [6.45, 7) is 0. The normalized spacial score (nSPS) is 14.2. The van der Waals surface area contributed by atoms with Crippen LogP contribution in [0.5, 0.6) is 0 Å². The molecule has 20 heavy (non-hydrogen) atoms. The van der Waals surface area contributed by atoms with Crippen LogP contribution in [0.3, 0.4) is 0 Å². The number of benzene rings is 1. The zero-order chi connectivity index (χ0) is 14.1. The number of carbonyl (C=O) groups is 2. The number of carbonyl (C=O) groups excluding carboxylic acids is 2. The summed E-state index contributed by atoms with van der Waals surface area (Å²) in [6, 6.07) is 12.1. The summed E-state index contributed by atoms with van der Waals surface area (Å²) in [7, 11) is 0. The minimum absolute atomic E-state index is 0.210. The van der Waals surface area contributed by atoms with Crippen LogP contribution < -0.4 is 5.32 Å². The van der Waals surface area contributed by atoms with Gasteiger partial charge in [0.05, 0.1) is 4.48 Å². The second-order valence-corrected chi connectivity index (χ2v) is 5.03. The van der Waals surface area contributed by atoms with Gasteiger partial charge in [0.2, 0.25) is 11.6 Å². The summed E-state index contributed by atoms with van der Waals surface area (Å²) < 4.78 is 0.229. The van der Waals surface area contributed by atoms with Gasteiger partial charge in [0.1, 0.15) is 11.5 Å². The van der Waals surface area contributed by atoms with Crippen molar-refractivity contribution in [2.24, 2.45) is 0 Å². The molecular weight excluding hydrogens is 320 g/mol. The smallest absolute Gasteiger partial charge is 0.211 e. The van der Waals surface area contributed by atoms with Crippen molar-refractivity contribution in [1.29, 1.82) is 0 Å². The number of fused-ring (bicyclic) bond motifs is 1. The van der Waals surface area contributed by atoms with Gasteiger partial charge < -0.3 is 5.32 Å². The molecule has 0 fully saturated rings. The van der Waals surface area contributed by atoms with E-state index in [-0.39, 0.29) is 21.7 Å². The van der Waals surface area contributed by atoms with Crippen LogP contribution in [-0.4, -0.2) is 16.6 Å². The maximum atomic E-state index is 12.4. The molecule has 0 amide bonds. The lowest BCUT2D eigenvalue weighted by atomic mass is 9.92. The molecular formula is C15H9BrN2O2. The number of rotatable bonds is 2. The Balaban J connectivity index is 2.06. The minimum Gasteiger partial charge on any atom is -0.336 e. The van der Waals surface area contributed by atoms with Crippen molar-refractivity contribution in [2.45, 2.75) is 0 Å². The van der Waals surface area contributed by atoms with Crippen LogP contribution in [-0.2, 0) is 0 Å². The van der Waals surface area contributed by atoms with Gasteiger partial charge in [-0.05, 0) is 28.1 Å². The molecule has 0 saturated heterocycles. The van der Waals surface area contributed by atoms with E-state index in [4.69, 9.17) is 0 Å². The van der Waals surface area contributed by atoms with Crippen LogP contribution in [0.15, 0.2) is 58.8 Å². The van der Waals surface area contributed by atoms with Crippen molar-refractivity contribution in [1.82, 2.24) is 4.98 Å². The fourth-order valence-electron chi connectivity index (χ4n) is 2.02. The summed E-state index contributed by atoms with van der Waals surface area (Å²) in [5, 5.41) is 2.90. The highest BCUT2D eigenvalue weighted by Gasteiger charge is 2.30. The fourth-order valence-corrected chi connectivity index (χ4v) is 2.51. The molecule has 5 heteroatoms. The third kappa shape index (κ3) is 2.06. The Labute approximate surface area is 123 Å². The van der Waals surface area contributed by atoms with Gasteiger partial charge >= 0.3 is 0 Å². The van der Waals surface area contributed by atoms with Gasteiger partial charge in [-0.25, -0.2) is 4.98 Å². The number of ketones is 2. The van der Waals surface area contributed by atoms with Crippen LogP contribution in [0.4, 0.5) is 5.82 Å². The van der Waals surface area contributed by atoms with E-state index >= 15 is 0 Å². The monoisotopic (exact) mass is 328 g/mol. The Morgan fingerprint density at radius 2 is 1.55 bits per heavy atom. The zero-order valence-corrected chi connectivity index (χ0v) is 11.8. The Morgan fingerprint density at radius 3 is 2.20 bits per heavy atom. The summed E-state index contributed by atoms with van der Waals surface area (Å²) in [6.07, 6.45) is 1.61. The van der Waals surface area contributed by atoms with E-state index in [1.807, 2.05) is 0 Å². The van der Waals surface area contributed by atoms with Crippen molar-refractivity contribution in [2.75, 3.05) is 5.32 Å². The molecule has 0 saturated carbocycles. The van der Waals surface area contributed by atoms with Gasteiger partial charge in [-0.3, -0.25) is 9.59 Å². The van der Waals surface area contributed by atoms with E-state index in [1.165, 1.54) is 0 Å². The van der Waals surface area contributed by atoms with E-state index in [9.17, 15) is 9.59 Å². The molecule has 2 aromatic rings. The van der Waals surface area contributed by atoms with Crippen molar-refractivity contribution in [3.8, 4) is 0 Å². The molecule has 3 rings (SSSR count). The molecule has 0 unspecified atom stereocenters. The first kappa shape index (κ1) is 12.7. The number of halogens is 1. The zero-order valence-electron chi connectivity index (χ0n) is 10.3. The molecule has 1 aromatic heterocycles. The second-order valence-electron chi connectivity index (χ2n) is 4.23.